The van der Waals surface area contributed by atoms with Crippen LogP contribution in [0.1, 0.15) is 19.4 Å². The highest BCUT2D eigenvalue weighted by molar-refractivity contribution is 7.91. The van der Waals surface area contributed by atoms with E-state index in [-0.39, 0.29) is 10.3 Å². The zero-order valence-corrected chi connectivity index (χ0v) is 20.4. The summed E-state index contributed by atoms with van der Waals surface area (Å²) in [5, 5.41) is 0.393. The second-order valence-corrected chi connectivity index (χ2v) is 10.2. The molecule has 0 aliphatic heterocycles. The summed E-state index contributed by atoms with van der Waals surface area (Å²) in [6.07, 6.45) is 1.35. The van der Waals surface area contributed by atoms with Gasteiger partial charge in [-0.3, -0.25) is 4.79 Å². The van der Waals surface area contributed by atoms with E-state index in [0.717, 1.165) is 11.6 Å². The highest BCUT2D eigenvalue weighted by atomic mass is 35.5. The smallest absolute Gasteiger partial charge is 0.211 e. The molecule has 0 spiro atoms. The van der Waals surface area contributed by atoms with Gasteiger partial charge in [-0.05, 0) is 55.8 Å². The van der Waals surface area contributed by atoms with Gasteiger partial charge < -0.3 is 9.47 Å². The SMILES string of the molecule is CCN(CC)c1cc2c(cc1F)c(=O)c(S(=O)(=O)c1ccc(Cl)cc1)cn2Cc1ccccc1. The van der Waals surface area contributed by atoms with Crippen molar-refractivity contribution < 1.29 is 12.8 Å². The Balaban J connectivity index is 2.01. The minimum atomic E-state index is -4.17. The summed E-state index contributed by atoms with van der Waals surface area (Å²) in [7, 11) is -4.17. The molecule has 0 bridgehead atoms. The maximum absolute atomic E-state index is 15.1. The van der Waals surface area contributed by atoms with E-state index in [0.29, 0.717) is 35.9 Å². The molecule has 0 unspecified atom stereocenters. The normalized spacial score (nSPS) is 11.6. The largest absolute Gasteiger partial charge is 0.370 e. The monoisotopic (exact) mass is 498 g/mol. The van der Waals surface area contributed by atoms with Crippen LogP contribution in [-0.4, -0.2) is 26.1 Å². The molecule has 34 heavy (non-hydrogen) atoms. The zero-order chi connectivity index (χ0) is 24.5. The maximum atomic E-state index is 15.1. The summed E-state index contributed by atoms with van der Waals surface area (Å²) in [6, 6.07) is 17.9. The van der Waals surface area contributed by atoms with Crippen molar-refractivity contribution in [1.82, 2.24) is 4.57 Å². The number of aromatic nitrogens is 1. The van der Waals surface area contributed by atoms with Gasteiger partial charge >= 0.3 is 0 Å². The fraction of sp³-hybridized carbons (Fsp3) is 0.192. The highest BCUT2D eigenvalue weighted by Crippen LogP contribution is 2.28. The van der Waals surface area contributed by atoms with Gasteiger partial charge in [0.15, 0.2) is 0 Å². The number of sulfone groups is 1. The van der Waals surface area contributed by atoms with Crippen LogP contribution in [0.15, 0.2) is 87.5 Å². The van der Waals surface area contributed by atoms with Gasteiger partial charge in [0, 0.05) is 30.9 Å². The van der Waals surface area contributed by atoms with Gasteiger partial charge in [0.25, 0.3) is 0 Å². The van der Waals surface area contributed by atoms with Crippen LogP contribution in [0, 0.1) is 5.82 Å². The van der Waals surface area contributed by atoms with Crippen molar-refractivity contribution >= 4 is 38.0 Å². The lowest BCUT2D eigenvalue weighted by Gasteiger charge is -2.23. The van der Waals surface area contributed by atoms with Crippen molar-refractivity contribution in [2.24, 2.45) is 0 Å². The van der Waals surface area contributed by atoms with Crippen molar-refractivity contribution in [2.45, 2.75) is 30.2 Å². The average Bonchev–Trinajstić information content (AvgIpc) is 2.83. The van der Waals surface area contributed by atoms with Gasteiger partial charge in [-0.15, -0.1) is 0 Å². The van der Waals surface area contributed by atoms with Crippen LogP contribution >= 0.6 is 11.6 Å². The number of halogens is 2. The van der Waals surface area contributed by atoms with Crippen molar-refractivity contribution in [2.75, 3.05) is 18.0 Å². The number of anilines is 1. The molecule has 4 rings (SSSR count). The van der Waals surface area contributed by atoms with E-state index >= 15 is 4.39 Å². The van der Waals surface area contributed by atoms with E-state index < -0.39 is 26.0 Å². The van der Waals surface area contributed by atoms with E-state index in [9.17, 15) is 13.2 Å². The number of rotatable bonds is 7. The molecule has 1 aromatic heterocycles. The highest BCUT2D eigenvalue weighted by Gasteiger charge is 2.25. The van der Waals surface area contributed by atoms with Gasteiger partial charge in [0.1, 0.15) is 10.7 Å². The Morgan fingerprint density at radius 1 is 0.971 bits per heavy atom. The lowest BCUT2D eigenvalue weighted by Crippen LogP contribution is -2.24. The fourth-order valence-corrected chi connectivity index (χ4v) is 5.52. The van der Waals surface area contributed by atoms with E-state index in [4.69, 9.17) is 11.6 Å². The van der Waals surface area contributed by atoms with Gasteiger partial charge in [-0.1, -0.05) is 41.9 Å². The molecule has 176 valence electrons. The lowest BCUT2D eigenvalue weighted by atomic mass is 10.1. The van der Waals surface area contributed by atoms with Gasteiger partial charge in [-0.25, -0.2) is 12.8 Å². The molecule has 0 aliphatic rings. The Morgan fingerprint density at radius 2 is 1.62 bits per heavy atom. The summed E-state index contributed by atoms with van der Waals surface area (Å²) >= 11 is 5.91. The standard InChI is InChI=1S/C26H24ClFN2O3S/c1-3-29(4-2)24-15-23-21(14-22(24)28)26(31)25(17-30(23)16-18-8-6-5-7-9-18)34(32,33)20-12-10-19(27)11-13-20/h5-15,17H,3-4,16H2,1-2H3. The molecule has 3 aromatic carbocycles. The molecule has 0 saturated carbocycles. The number of hydrogen-bond donors (Lipinski definition) is 0. The van der Waals surface area contributed by atoms with Crippen molar-refractivity contribution in [3.63, 3.8) is 0 Å². The van der Waals surface area contributed by atoms with Crippen LogP contribution < -0.4 is 10.3 Å². The molecule has 0 aliphatic carbocycles. The second-order valence-electron chi connectivity index (χ2n) is 7.89. The molecule has 5 nitrogen and oxygen atoms in total. The lowest BCUT2D eigenvalue weighted by molar-refractivity contribution is 0.593. The van der Waals surface area contributed by atoms with Crippen LogP contribution in [0.2, 0.25) is 5.02 Å². The molecule has 0 N–H and O–H groups in total. The number of nitrogens with zero attached hydrogens (tertiary/aromatic N) is 2. The summed E-state index contributed by atoms with van der Waals surface area (Å²) in [6.45, 7) is 5.33. The van der Waals surface area contributed by atoms with Crippen LogP contribution in [0.25, 0.3) is 10.9 Å². The van der Waals surface area contributed by atoms with Crippen molar-refractivity contribution in [3.8, 4) is 0 Å². The van der Waals surface area contributed by atoms with Crippen LogP contribution in [0.4, 0.5) is 10.1 Å². The van der Waals surface area contributed by atoms with Gasteiger partial charge in [0.2, 0.25) is 15.3 Å². The summed E-state index contributed by atoms with van der Waals surface area (Å²) in [4.78, 5) is 14.8. The third-order valence-electron chi connectivity index (χ3n) is 5.83. The first-order valence-electron chi connectivity index (χ1n) is 10.9. The van der Waals surface area contributed by atoms with E-state index in [1.165, 1.54) is 30.5 Å². The van der Waals surface area contributed by atoms with Crippen molar-refractivity contribution in [3.05, 3.63) is 99.6 Å². The molecule has 4 aromatic rings. The third-order valence-corrected chi connectivity index (χ3v) is 7.84. The Bertz CT molecular complexity index is 1500. The molecule has 0 saturated heterocycles. The van der Waals surface area contributed by atoms with Crippen molar-refractivity contribution in [1.29, 1.82) is 0 Å². The van der Waals surface area contributed by atoms with Gasteiger partial charge in [0.05, 0.1) is 21.5 Å². The summed E-state index contributed by atoms with van der Waals surface area (Å²) < 4.78 is 43.6. The molecule has 0 radical (unpaired) electrons. The summed E-state index contributed by atoms with van der Waals surface area (Å²) in [5.41, 5.74) is 1.01. The van der Waals surface area contributed by atoms with E-state index in [1.54, 1.807) is 10.6 Å². The first-order chi connectivity index (χ1) is 16.3. The van der Waals surface area contributed by atoms with Crippen LogP contribution in [0.5, 0.6) is 0 Å². The first-order valence-corrected chi connectivity index (χ1v) is 12.8. The molecule has 8 heteroatoms. The topological polar surface area (TPSA) is 59.4 Å². The number of benzene rings is 3. The second kappa shape index (κ2) is 9.60. The fourth-order valence-electron chi connectivity index (χ4n) is 4.02. The number of pyridine rings is 1. The zero-order valence-electron chi connectivity index (χ0n) is 18.8. The average molecular weight is 499 g/mol. The number of fused-ring (bicyclic) bond motifs is 1. The van der Waals surface area contributed by atoms with E-state index in [2.05, 4.69) is 0 Å². The molecular formula is C26H24ClFN2O3S. The molecular weight excluding hydrogens is 475 g/mol. The predicted octanol–water partition coefficient (Wildman–Crippen LogP) is 5.52. The number of hydrogen-bond acceptors (Lipinski definition) is 4. The van der Waals surface area contributed by atoms with Crippen LogP contribution in [-0.2, 0) is 16.4 Å². The molecule has 0 atom stereocenters. The minimum absolute atomic E-state index is 0.0133. The Kier molecular flexibility index (Phi) is 6.77. The maximum Gasteiger partial charge on any atom is 0.211 e. The third kappa shape index (κ3) is 4.45. The predicted molar refractivity (Wildman–Crippen MR) is 134 cm³/mol. The Hall–Kier alpha value is -3.16. The Morgan fingerprint density at radius 3 is 2.24 bits per heavy atom. The van der Waals surface area contributed by atoms with Gasteiger partial charge in [-0.2, -0.15) is 0 Å². The molecule has 1 heterocycles. The molecule has 0 fully saturated rings. The van der Waals surface area contributed by atoms with Crippen LogP contribution in [0.3, 0.4) is 0 Å². The summed E-state index contributed by atoms with van der Waals surface area (Å²) in [5.74, 6) is -0.569. The quantitative estimate of drug-likeness (QED) is 0.336. The van der Waals surface area contributed by atoms with E-state index in [1.807, 2.05) is 49.1 Å². The Labute approximate surface area is 202 Å². The minimum Gasteiger partial charge on any atom is -0.370 e. The molecule has 0 amide bonds. The first kappa shape index (κ1) is 24.0.